The Morgan fingerprint density at radius 1 is 1.03 bits per heavy atom. The molecule has 5 nitrogen and oxygen atoms in total. The van der Waals surface area contributed by atoms with Crippen LogP contribution in [0.3, 0.4) is 0 Å². The van der Waals surface area contributed by atoms with Crippen LogP contribution in [0.2, 0.25) is 5.02 Å². The Hall–Kier alpha value is -2.61. The van der Waals surface area contributed by atoms with Crippen LogP contribution in [0.1, 0.15) is 12.0 Å². The number of hydrogen-bond acceptors (Lipinski definition) is 4. The number of nitrogens with zero attached hydrogens (tertiary/aromatic N) is 2. The van der Waals surface area contributed by atoms with Crippen molar-refractivity contribution in [1.82, 2.24) is 4.90 Å². The molecule has 0 saturated carbocycles. The quantitative estimate of drug-likeness (QED) is 0.411. The monoisotopic (exact) mass is 527 g/mol. The molecule has 0 radical (unpaired) electrons. The number of halogens is 2. The zero-order chi connectivity index (χ0) is 22.5. The molecule has 0 aromatic heterocycles. The minimum Gasteiger partial charge on any atom is -0.326 e. The maximum atomic E-state index is 13.2. The Balaban J connectivity index is 1.53. The summed E-state index contributed by atoms with van der Waals surface area (Å²) in [6.45, 7) is 0.393. The summed E-state index contributed by atoms with van der Waals surface area (Å²) < 4.78 is 0.927. The Bertz CT molecular complexity index is 1140. The van der Waals surface area contributed by atoms with Crippen LogP contribution in [0.15, 0.2) is 88.3 Å². The highest BCUT2D eigenvalue weighted by Crippen LogP contribution is 2.33. The van der Waals surface area contributed by atoms with Crippen LogP contribution in [0.5, 0.6) is 0 Å². The van der Waals surface area contributed by atoms with Gasteiger partial charge in [-0.2, -0.15) is 0 Å². The van der Waals surface area contributed by atoms with Crippen LogP contribution in [0.25, 0.3) is 0 Å². The molecule has 1 aliphatic rings. The molecule has 1 fully saturated rings. The van der Waals surface area contributed by atoms with Gasteiger partial charge in [0.25, 0.3) is 0 Å². The van der Waals surface area contributed by atoms with Gasteiger partial charge in [0.05, 0.1) is 12.2 Å². The van der Waals surface area contributed by atoms with E-state index < -0.39 is 5.25 Å². The van der Waals surface area contributed by atoms with Crippen LogP contribution in [-0.2, 0) is 16.1 Å². The Labute approximate surface area is 204 Å². The van der Waals surface area contributed by atoms with Crippen molar-refractivity contribution in [3.63, 3.8) is 0 Å². The molecule has 1 aliphatic heterocycles. The highest BCUT2D eigenvalue weighted by Gasteiger charge is 2.39. The van der Waals surface area contributed by atoms with Gasteiger partial charge in [-0.05, 0) is 54.1 Å². The second-order valence-corrected chi connectivity index (χ2v) is 9.67. The smallest absolute Gasteiger partial charge is 0.242 e. The number of amides is 2. The van der Waals surface area contributed by atoms with Gasteiger partial charge in [0.2, 0.25) is 11.8 Å². The van der Waals surface area contributed by atoms with Gasteiger partial charge >= 0.3 is 0 Å². The molecule has 0 bridgehead atoms. The maximum Gasteiger partial charge on any atom is 0.242 e. The van der Waals surface area contributed by atoms with Crippen molar-refractivity contribution >= 4 is 67.6 Å². The van der Waals surface area contributed by atoms with Crippen LogP contribution in [0.4, 0.5) is 11.4 Å². The molecule has 0 aliphatic carbocycles. The molecule has 2 amide bonds. The van der Waals surface area contributed by atoms with Crippen molar-refractivity contribution in [3.05, 3.63) is 93.9 Å². The van der Waals surface area contributed by atoms with Crippen LogP contribution >= 0.6 is 39.3 Å². The normalized spacial score (nSPS) is 17.1. The summed E-state index contributed by atoms with van der Waals surface area (Å²) in [4.78, 5) is 32.1. The molecule has 162 valence electrons. The second-order valence-electron chi connectivity index (χ2n) is 7.15. The standard InChI is InChI=1S/C24H19BrClN3O2S/c25-17-6-10-19(11-7-17)27-22(30)14-21-23(31)29(15-16-4-2-1-3-5-16)24(32-21)28-20-12-8-18(26)9-13-20/h1-13,21H,14-15H2,(H,27,30). The first-order valence-corrected chi connectivity index (χ1v) is 11.9. The third-order valence-electron chi connectivity index (χ3n) is 4.75. The number of aliphatic imine (C=N–C) groups is 1. The summed E-state index contributed by atoms with van der Waals surface area (Å²) >= 11 is 10.7. The number of thioether (sulfide) groups is 1. The number of carbonyl (C=O) groups is 2. The largest absolute Gasteiger partial charge is 0.326 e. The Morgan fingerprint density at radius 2 is 1.72 bits per heavy atom. The summed E-state index contributed by atoms with van der Waals surface area (Å²) in [7, 11) is 0. The molecule has 4 rings (SSSR count). The Kier molecular flexibility index (Phi) is 7.29. The van der Waals surface area contributed by atoms with Gasteiger partial charge < -0.3 is 5.32 Å². The zero-order valence-electron chi connectivity index (χ0n) is 16.9. The molecule has 1 atom stereocenters. The van der Waals surface area contributed by atoms with Crippen LogP contribution in [-0.4, -0.2) is 27.1 Å². The van der Waals surface area contributed by atoms with E-state index in [-0.39, 0.29) is 18.2 Å². The van der Waals surface area contributed by atoms with Gasteiger partial charge in [0.15, 0.2) is 5.17 Å². The van der Waals surface area contributed by atoms with Gasteiger partial charge in [-0.1, -0.05) is 69.6 Å². The molecule has 1 heterocycles. The molecular weight excluding hydrogens is 510 g/mol. The fourth-order valence-corrected chi connectivity index (χ4v) is 4.72. The molecule has 0 spiro atoms. The van der Waals surface area contributed by atoms with Gasteiger partial charge in [-0.25, -0.2) is 4.99 Å². The SMILES string of the molecule is O=C(CC1SC(=Nc2ccc(Cl)cc2)N(Cc2ccccc2)C1=O)Nc1ccc(Br)cc1. The summed E-state index contributed by atoms with van der Waals surface area (Å²) in [5.74, 6) is -0.344. The molecule has 1 unspecified atom stereocenters. The molecule has 3 aromatic carbocycles. The first kappa shape index (κ1) is 22.6. The van der Waals surface area contributed by atoms with Crippen molar-refractivity contribution in [3.8, 4) is 0 Å². The third kappa shape index (κ3) is 5.79. The van der Waals surface area contributed by atoms with Gasteiger partial charge in [-0.3, -0.25) is 14.5 Å². The van der Waals surface area contributed by atoms with Gasteiger partial charge in [0.1, 0.15) is 5.25 Å². The molecule has 1 saturated heterocycles. The van der Waals surface area contributed by atoms with Crippen molar-refractivity contribution < 1.29 is 9.59 Å². The summed E-state index contributed by atoms with van der Waals surface area (Å²) in [5.41, 5.74) is 2.37. The van der Waals surface area contributed by atoms with E-state index in [1.165, 1.54) is 11.8 Å². The molecule has 8 heteroatoms. The van der Waals surface area contributed by atoms with Crippen LogP contribution in [0, 0.1) is 0 Å². The van der Waals surface area contributed by atoms with E-state index in [0.29, 0.717) is 28.1 Å². The van der Waals surface area contributed by atoms with Gasteiger partial charge in [-0.15, -0.1) is 0 Å². The summed E-state index contributed by atoms with van der Waals surface area (Å²) in [6.07, 6.45) is 0.0600. The van der Waals surface area contributed by atoms with Crippen LogP contribution < -0.4 is 5.32 Å². The lowest BCUT2D eigenvalue weighted by Crippen LogP contribution is -2.33. The number of rotatable bonds is 6. The fraction of sp³-hybridized carbons (Fsp3) is 0.125. The number of amidine groups is 1. The van der Waals surface area contributed by atoms with E-state index >= 15 is 0 Å². The van der Waals surface area contributed by atoms with Gasteiger partial charge in [0, 0.05) is 21.6 Å². The predicted molar refractivity (Wildman–Crippen MR) is 134 cm³/mol. The summed E-state index contributed by atoms with van der Waals surface area (Å²) in [5, 5.41) is 3.50. The second kappa shape index (κ2) is 10.3. The first-order chi connectivity index (χ1) is 15.5. The van der Waals surface area contributed by atoms with Crippen molar-refractivity contribution in [2.24, 2.45) is 4.99 Å². The minimum absolute atomic E-state index is 0.0600. The minimum atomic E-state index is -0.541. The average molecular weight is 529 g/mol. The van der Waals surface area contributed by atoms with Crippen molar-refractivity contribution in [2.75, 3.05) is 5.32 Å². The van der Waals surface area contributed by atoms with E-state index in [1.54, 1.807) is 41.3 Å². The number of carbonyl (C=O) groups excluding carboxylic acids is 2. The zero-order valence-corrected chi connectivity index (χ0v) is 20.0. The topological polar surface area (TPSA) is 61.8 Å². The highest BCUT2D eigenvalue weighted by atomic mass is 79.9. The number of anilines is 1. The molecular formula is C24H19BrClN3O2S. The lowest BCUT2D eigenvalue weighted by Gasteiger charge is -2.16. The number of hydrogen-bond donors (Lipinski definition) is 1. The highest BCUT2D eigenvalue weighted by molar-refractivity contribution is 9.10. The predicted octanol–water partition coefficient (Wildman–Crippen LogP) is 6.26. The van der Waals surface area contributed by atoms with E-state index in [1.807, 2.05) is 42.5 Å². The molecule has 32 heavy (non-hydrogen) atoms. The maximum absolute atomic E-state index is 13.2. The third-order valence-corrected chi connectivity index (χ3v) is 6.71. The number of benzene rings is 3. The lowest BCUT2D eigenvalue weighted by molar-refractivity contribution is -0.128. The van der Waals surface area contributed by atoms with Crippen molar-refractivity contribution in [2.45, 2.75) is 18.2 Å². The van der Waals surface area contributed by atoms with Crippen molar-refractivity contribution in [1.29, 1.82) is 0 Å². The summed E-state index contributed by atoms with van der Waals surface area (Å²) in [6, 6.07) is 24.2. The molecule has 1 N–H and O–H groups in total. The van der Waals surface area contributed by atoms with E-state index in [9.17, 15) is 9.59 Å². The van der Waals surface area contributed by atoms with E-state index in [4.69, 9.17) is 11.6 Å². The first-order valence-electron chi connectivity index (χ1n) is 9.89. The van der Waals surface area contributed by atoms with E-state index in [2.05, 4.69) is 26.2 Å². The van der Waals surface area contributed by atoms with E-state index in [0.717, 1.165) is 10.0 Å². The number of nitrogens with one attached hydrogen (secondary N) is 1. The fourth-order valence-electron chi connectivity index (χ4n) is 3.18. The Morgan fingerprint density at radius 3 is 2.41 bits per heavy atom. The molecule has 3 aromatic rings. The lowest BCUT2D eigenvalue weighted by atomic mass is 10.2. The average Bonchev–Trinajstić information content (AvgIpc) is 3.06.